The smallest absolute Gasteiger partial charge is 0.338 e. The van der Waals surface area contributed by atoms with Crippen LogP contribution in [0.5, 0.6) is 0 Å². The predicted octanol–water partition coefficient (Wildman–Crippen LogP) is 0.754. The molecule has 1 aromatic rings. The van der Waals surface area contributed by atoms with E-state index in [-0.39, 0.29) is 23.7 Å². The van der Waals surface area contributed by atoms with Crippen molar-refractivity contribution in [3.8, 4) is 0 Å². The van der Waals surface area contributed by atoms with Gasteiger partial charge in [0.2, 0.25) is 10.0 Å². The number of rotatable bonds is 5. The highest BCUT2D eigenvalue weighted by Crippen LogP contribution is 2.20. The van der Waals surface area contributed by atoms with Gasteiger partial charge in [-0.3, -0.25) is 0 Å². The van der Waals surface area contributed by atoms with Gasteiger partial charge < -0.3 is 9.47 Å². The average molecular weight is 287 g/mol. The lowest BCUT2D eigenvalue weighted by molar-refractivity contribution is 0.0387. The minimum atomic E-state index is -3.87. The third-order valence-electron chi connectivity index (χ3n) is 2.68. The second kappa shape index (κ2) is 6.14. The number of esters is 1. The minimum absolute atomic E-state index is 0.0637. The summed E-state index contributed by atoms with van der Waals surface area (Å²) >= 11 is 0. The molecule has 1 rings (SSSR count). The zero-order chi connectivity index (χ0) is 14.6. The Balaban J connectivity index is 3.11. The number of nitrogens with two attached hydrogens (primary N) is 1. The molecule has 0 aliphatic carbocycles. The van der Waals surface area contributed by atoms with Gasteiger partial charge in [0.25, 0.3) is 0 Å². The van der Waals surface area contributed by atoms with Crippen molar-refractivity contribution in [2.45, 2.75) is 18.7 Å². The monoisotopic (exact) mass is 287 g/mol. The first-order chi connectivity index (χ1) is 8.77. The lowest BCUT2D eigenvalue weighted by Gasteiger charge is -2.10. The molecule has 0 amide bonds. The maximum Gasteiger partial charge on any atom is 0.338 e. The number of carbonyl (C=O) groups is 1. The van der Waals surface area contributed by atoms with E-state index in [1.54, 1.807) is 19.9 Å². The van der Waals surface area contributed by atoms with Gasteiger partial charge in [0.05, 0.1) is 17.1 Å². The van der Waals surface area contributed by atoms with Crippen LogP contribution in [0.1, 0.15) is 21.5 Å². The van der Waals surface area contributed by atoms with Crippen LogP contribution in [0.25, 0.3) is 0 Å². The second-order valence-electron chi connectivity index (χ2n) is 4.09. The minimum Gasteiger partial charge on any atom is -0.460 e. The van der Waals surface area contributed by atoms with Crippen LogP contribution in [-0.4, -0.2) is 34.7 Å². The van der Waals surface area contributed by atoms with Gasteiger partial charge >= 0.3 is 5.97 Å². The first kappa shape index (κ1) is 15.6. The van der Waals surface area contributed by atoms with Crippen molar-refractivity contribution in [3.63, 3.8) is 0 Å². The van der Waals surface area contributed by atoms with E-state index in [1.807, 2.05) is 0 Å². The lowest BCUT2D eigenvalue weighted by Crippen LogP contribution is -2.16. The van der Waals surface area contributed by atoms with Gasteiger partial charge in [0.1, 0.15) is 6.61 Å². The van der Waals surface area contributed by atoms with Crippen molar-refractivity contribution in [1.29, 1.82) is 0 Å². The third-order valence-corrected chi connectivity index (χ3v) is 3.72. The quantitative estimate of drug-likeness (QED) is 0.637. The molecule has 106 valence electrons. The summed E-state index contributed by atoms with van der Waals surface area (Å²) in [4.78, 5) is 11.7. The number of sulfonamides is 1. The Hall–Kier alpha value is -1.44. The van der Waals surface area contributed by atoms with Gasteiger partial charge in [-0.05, 0) is 37.1 Å². The maximum absolute atomic E-state index is 11.7. The predicted molar refractivity (Wildman–Crippen MR) is 69.4 cm³/mol. The van der Waals surface area contributed by atoms with E-state index in [2.05, 4.69) is 0 Å². The number of primary sulfonamides is 1. The van der Waals surface area contributed by atoms with Gasteiger partial charge in [-0.1, -0.05) is 0 Å². The number of hydrogen-bond acceptors (Lipinski definition) is 5. The molecule has 0 unspecified atom stereocenters. The molecule has 0 atom stereocenters. The van der Waals surface area contributed by atoms with Gasteiger partial charge in [0, 0.05) is 7.11 Å². The molecule has 0 radical (unpaired) electrons. The summed E-state index contributed by atoms with van der Waals surface area (Å²) < 4.78 is 32.6. The van der Waals surface area contributed by atoms with E-state index < -0.39 is 16.0 Å². The largest absolute Gasteiger partial charge is 0.460 e. The third kappa shape index (κ3) is 4.02. The van der Waals surface area contributed by atoms with Gasteiger partial charge in [-0.2, -0.15) is 0 Å². The molecule has 0 heterocycles. The summed E-state index contributed by atoms with van der Waals surface area (Å²) in [6, 6.07) is 2.80. The van der Waals surface area contributed by atoms with Crippen LogP contribution in [0.2, 0.25) is 0 Å². The Morgan fingerprint density at radius 2 is 1.89 bits per heavy atom. The second-order valence-corrected chi connectivity index (χ2v) is 5.62. The molecule has 0 aromatic heterocycles. The SMILES string of the molecule is COCCOC(=O)c1cc(C)c(C)c(S(N)(=O)=O)c1. The van der Waals surface area contributed by atoms with E-state index in [4.69, 9.17) is 14.6 Å². The van der Waals surface area contributed by atoms with E-state index in [9.17, 15) is 13.2 Å². The summed E-state index contributed by atoms with van der Waals surface area (Å²) in [5.41, 5.74) is 1.34. The molecule has 0 spiro atoms. The zero-order valence-electron chi connectivity index (χ0n) is 11.1. The van der Waals surface area contributed by atoms with Crippen LogP contribution in [0.3, 0.4) is 0 Å². The summed E-state index contributed by atoms with van der Waals surface area (Å²) in [7, 11) is -2.38. The number of ether oxygens (including phenoxy) is 2. The van der Waals surface area contributed by atoms with Gasteiger partial charge in [0.15, 0.2) is 0 Å². The number of carbonyl (C=O) groups excluding carboxylic acids is 1. The Labute approximate surface area is 112 Å². The summed E-state index contributed by atoms with van der Waals surface area (Å²) in [5.74, 6) is -0.606. The molecule has 0 aliphatic heterocycles. The summed E-state index contributed by atoms with van der Waals surface area (Å²) in [5, 5.41) is 5.12. The number of methoxy groups -OCH3 is 1. The van der Waals surface area contributed by atoms with E-state index in [0.717, 1.165) is 0 Å². The lowest BCUT2D eigenvalue weighted by atomic mass is 10.1. The van der Waals surface area contributed by atoms with E-state index in [1.165, 1.54) is 13.2 Å². The summed E-state index contributed by atoms with van der Waals surface area (Å²) in [6.07, 6.45) is 0. The molecule has 19 heavy (non-hydrogen) atoms. The molecule has 0 saturated carbocycles. The first-order valence-corrected chi connectivity index (χ1v) is 7.12. The zero-order valence-corrected chi connectivity index (χ0v) is 11.9. The highest BCUT2D eigenvalue weighted by atomic mass is 32.2. The van der Waals surface area contributed by atoms with E-state index in [0.29, 0.717) is 11.1 Å². The molecule has 0 aliphatic rings. The van der Waals surface area contributed by atoms with Gasteiger partial charge in [-0.15, -0.1) is 0 Å². The molecule has 1 aromatic carbocycles. The normalized spacial score (nSPS) is 11.4. The van der Waals surface area contributed by atoms with Crippen LogP contribution >= 0.6 is 0 Å². The molecule has 7 heteroatoms. The molecular formula is C12H17NO5S. The number of benzene rings is 1. The van der Waals surface area contributed by atoms with Crippen molar-refractivity contribution in [2.75, 3.05) is 20.3 Å². The fraction of sp³-hybridized carbons (Fsp3) is 0.417. The molecule has 2 N–H and O–H groups in total. The molecular weight excluding hydrogens is 270 g/mol. The Morgan fingerprint density at radius 1 is 1.26 bits per heavy atom. The fourth-order valence-electron chi connectivity index (χ4n) is 1.54. The molecule has 0 saturated heterocycles. The molecule has 6 nitrogen and oxygen atoms in total. The maximum atomic E-state index is 11.7. The van der Waals surface area contributed by atoms with Crippen molar-refractivity contribution in [1.82, 2.24) is 0 Å². The van der Waals surface area contributed by atoms with Crippen LogP contribution < -0.4 is 5.14 Å². The highest BCUT2D eigenvalue weighted by Gasteiger charge is 2.18. The highest BCUT2D eigenvalue weighted by molar-refractivity contribution is 7.89. The van der Waals surface area contributed by atoms with Crippen molar-refractivity contribution in [3.05, 3.63) is 28.8 Å². The Bertz CT molecular complexity index is 580. The Kier molecular flexibility index (Phi) is 5.04. The van der Waals surface area contributed by atoms with Crippen LogP contribution in [0.15, 0.2) is 17.0 Å². The number of hydrogen-bond donors (Lipinski definition) is 1. The van der Waals surface area contributed by atoms with Crippen molar-refractivity contribution >= 4 is 16.0 Å². The van der Waals surface area contributed by atoms with Crippen LogP contribution in [0.4, 0.5) is 0 Å². The number of aryl methyl sites for hydroxylation is 1. The topological polar surface area (TPSA) is 95.7 Å². The van der Waals surface area contributed by atoms with Crippen molar-refractivity contribution in [2.24, 2.45) is 5.14 Å². The average Bonchev–Trinajstić information content (AvgIpc) is 2.31. The molecule has 0 bridgehead atoms. The van der Waals surface area contributed by atoms with Crippen molar-refractivity contribution < 1.29 is 22.7 Å². The summed E-state index contributed by atoms with van der Waals surface area (Å²) in [6.45, 7) is 3.72. The fourth-order valence-corrected chi connectivity index (χ4v) is 2.42. The Morgan fingerprint density at radius 3 is 2.42 bits per heavy atom. The van der Waals surface area contributed by atoms with Gasteiger partial charge in [-0.25, -0.2) is 18.4 Å². The van der Waals surface area contributed by atoms with Crippen LogP contribution in [-0.2, 0) is 19.5 Å². The van der Waals surface area contributed by atoms with E-state index >= 15 is 0 Å². The molecule has 0 fully saturated rings. The first-order valence-electron chi connectivity index (χ1n) is 5.57. The standard InChI is InChI=1S/C12H17NO5S/c1-8-6-10(12(14)18-5-4-17-3)7-11(9(8)2)19(13,15)16/h6-7H,4-5H2,1-3H3,(H2,13,15,16). The van der Waals surface area contributed by atoms with Crippen LogP contribution in [0, 0.1) is 13.8 Å².